The number of nitrogens with zero attached hydrogens (tertiary/aromatic N) is 2. The number of aromatic nitrogens is 1. The van der Waals surface area contributed by atoms with Gasteiger partial charge < -0.3 is 19.4 Å². The molecule has 2 aliphatic carbocycles. The van der Waals surface area contributed by atoms with Crippen LogP contribution in [0, 0.1) is 11.3 Å². The van der Waals surface area contributed by atoms with Gasteiger partial charge in [-0.25, -0.2) is 4.79 Å². The lowest BCUT2D eigenvalue weighted by atomic mass is 9.92. The highest BCUT2D eigenvalue weighted by molar-refractivity contribution is 5.96. The van der Waals surface area contributed by atoms with Gasteiger partial charge in [0.1, 0.15) is 11.8 Å². The molecule has 5 rings (SSSR count). The minimum atomic E-state index is -0.477. The van der Waals surface area contributed by atoms with Crippen molar-refractivity contribution in [2.45, 2.75) is 70.6 Å². The molecule has 188 valence electrons. The number of carbonyl (C=O) groups is 1. The Kier molecular flexibility index (Phi) is 7.15. The fraction of sp³-hybridized carbons (Fsp3) is 0.448. The summed E-state index contributed by atoms with van der Waals surface area (Å²) < 4.78 is 13.6. The van der Waals surface area contributed by atoms with Crippen molar-refractivity contribution in [2.24, 2.45) is 0 Å². The number of carbonyl (C=O) groups excluding carboxylic acids is 1. The zero-order valence-electron chi connectivity index (χ0n) is 21.0. The minimum absolute atomic E-state index is 0.186. The monoisotopic (exact) mass is 486 g/mol. The van der Waals surface area contributed by atoms with Crippen LogP contribution in [-0.2, 0) is 4.74 Å². The summed E-state index contributed by atoms with van der Waals surface area (Å²) in [4.78, 5) is 12.0. The topological polar surface area (TPSA) is 88.3 Å². The van der Waals surface area contributed by atoms with Crippen molar-refractivity contribution in [3.8, 4) is 23.1 Å². The molecule has 2 fully saturated rings. The molecule has 1 aromatic heterocycles. The van der Waals surface area contributed by atoms with Crippen LogP contribution in [-0.4, -0.2) is 36.0 Å². The van der Waals surface area contributed by atoms with Gasteiger partial charge in [-0.3, -0.25) is 5.32 Å². The van der Waals surface area contributed by atoms with Crippen molar-refractivity contribution >= 4 is 22.7 Å². The first-order valence-corrected chi connectivity index (χ1v) is 13.1. The van der Waals surface area contributed by atoms with Crippen LogP contribution in [0.5, 0.6) is 5.75 Å². The van der Waals surface area contributed by atoms with Crippen molar-refractivity contribution in [1.29, 1.82) is 5.26 Å². The fourth-order valence-electron chi connectivity index (χ4n) is 4.73. The molecule has 2 saturated carbocycles. The number of rotatable bonds is 10. The molecule has 7 heteroatoms. The molecule has 1 amide bonds. The summed E-state index contributed by atoms with van der Waals surface area (Å²) in [6.07, 6.45) is 6.28. The van der Waals surface area contributed by atoms with E-state index in [0.717, 1.165) is 53.7 Å². The van der Waals surface area contributed by atoms with Crippen molar-refractivity contribution in [1.82, 2.24) is 9.88 Å². The third kappa shape index (κ3) is 5.34. The van der Waals surface area contributed by atoms with Crippen molar-refractivity contribution in [3.63, 3.8) is 0 Å². The van der Waals surface area contributed by atoms with E-state index in [1.807, 2.05) is 50.2 Å². The van der Waals surface area contributed by atoms with E-state index in [-0.39, 0.29) is 6.10 Å². The zero-order chi connectivity index (χ0) is 25.1. The predicted molar refractivity (Wildman–Crippen MR) is 141 cm³/mol. The van der Waals surface area contributed by atoms with E-state index in [1.54, 1.807) is 0 Å². The van der Waals surface area contributed by atoms with Gasteiger partial charge in [0.2, 0.25) is 0 Å². The number of ether oxygens (including phenoxy) is 2. The average Bonchev–Trinajstić information content (AvgIpc) is 3.59. The zero-order valence-corrected chi connectivity index (χ0v) is 21.0. The maximum absolute atomic E-state index is 12.0. The number of benzene rings is 2. The molecule has 0 spiro atoms. The average molecular weight is 487 g/mol. The first-order chi connectivity index (χ1) is 17.5. The number of amides is 1. The van der Waals surface area contributed by atoms with Crippen LogP contribution < -0.4 is 15.4 Å². The van der Waals surface area contributed by atoms with Gasteiger partial charge in [0.05, 0.1) is 29.5 Å². The molecule has 0 unspecified atom stereocenters. The maximum atomic E-state index is 12.0. The molecule has 2 N–H and O–H groups in total. The van der Waals surface area contributed by atoms with Gasteiger partial charge in [-0.2, -0.15) is 5.26 Å². The smallest absolute Gasteiger partial charge is 0.411 e. The summed E-state index contributed by atoms with van der Waals surface area (Å²) in [5.74, 6) is 0.839. The highest BCUT2D eigenvalue weighted by atomic mass is 16.6. The normalized spacial score (nSPS) is 15.5. The standard InChI is InChI=1S/C29H34N4O3/c1-19(2)36-29(34)32-22-9-7-20(8-10-22)28-26(18-30)25-14-13-24(35-16-4-15-31-21-11-12-21)17-27(25)33(28)23-5-3-6-23/h7-10,13-14,17,19,21,23,31H,3-6,11-12,15-16H2,1-2H3,(H,32,34). The Bertz CT molecular complexity index is 1260. The lowest BCUT2D eigenvalue weighted by Gasteiger charge is -2.30. The molecular formula is C29H34N4O3. The molecule has 1 heterocycles. The third-order valence-corrected chi connectivity index (χ3v) is 6.88. The molecule has 0 bridgehead atoms. The Balaban J connectivity index is 1.42. The van der Waals surface area contributed by atoms with Crippen LogP contribution in [0.25, 0.3) is 22.2 Å². The molecular weight excluding hydrogens is 452 g/mol. The van der Waals surface area contributed by atoms with E-state index >= 15 is 0 Å². The number of nitriles is 1. The molecule has 0 saturated heterocycles. The van der Waals surface area contributed by atoms with Crippen LogP contribution in [0.2, 0.25) is 0 Å². The van der Waals surface area contributed by atoms with Gasteiger partial charge in [-0.15, -0.1) is 0 Å². The van der Waals surface area contributed by atoms with Gasteiger partial charge in [-0.1, -0.05) is 12.1 Å². The first kappa shape index (κ1) is 24.2. The molecule has 2 aromatic carbocycles. The second-order valence-corrected chi connectivity index (χ2v) is 10.1. The quantitative estimate of drug-likeness (QED) is 0.325. The number of nitrogens with one attached hydrogen (secondary N) is 2. The third-order valence-electron chi connectivity index (χ3n) is 6.88. The second-order valence-electron chi connectivity index (χ2n) is 10.1. The van der Waals surface area contributed by atoms with E-state index in [1.165, 1.54) is 19.3 Å². The van der Waals surface area contributed by atoms with E-state index < -0.39 is 6.09 Å². The van der Waals surface area contributed by atoms with Crippen LogP contribution in [0.3, 0.4) is 0 Å². The molecule has 7 nitrogen and oxygen atoms in total. The van der Waals surface area contributed by atoms with Crippen molar-refractivity contribution in [2.75, 3.05) is 18.5 Å². The lowest BCUT2D eigenvalue weighted by Crippen LogP contribution is -2.19. The predicted octanol–water partition coefficient (Wildman–Crippen LogP) is 6.38. The summed E-state index contributed by atoms with van der Waals surface area (Å²) in [7, 11) is 0. The molecule has 36 heavy (non-hydrogen) atoms. The van der Waals surface area contributed by atoms with E-state index in [2.05, 4.69) is 27.3 Å². The molecule has 0 aliphatic heterocycles. The Labute approximate surface area is 212 Å². The van der Waals surface area contributed by atoms with Gasteiger partial charge in [0.25, 0.3) is 0 Å². The van der Waals surface area contributed by atoms with Crippen LogP contribution in [0.15, 0.2) is 42.5 Å². The largest absolute Gasteiger partial charge is 0.493 e. The van der Waals surface area contributed by atoms with Gasteiger partial charge in [-0.05, 0) is 88.7 Å². The van der Waals surface area contributed by atoms with Crippen LogP contribution >= 0.6 is 0 Å². The summed E-state index contributed by atoms with van der Waals surface area (Å²) in [5, 5.41) is 17.4. The molecule has 0 radical (unpaired) electrons. The number of hydrogen-bond donors (Lipinski definition) is 2. The van der Waals surface area contributed by atoms with Crippen molar-refractivity contribution in [3.05, 3.63) is 48.0 Å². The number of fused-ring (bicyclic) bond motifs is 1. The van der Waals surface area contributed by atoms with E-state index in [4.69, 9.17) is 9.47 Å². The maximum Gasteiger partial charge on any atom is 0.411 e. The number of hydrogen-bond acceptors (Lipinski definition) is 5. The highest BCUT2D eigenvalue weighted by Gasteiger charge is 2.28. The SMILES string of the molecule is CC(C)OC(=O)Nc1ccc(-c2c(C#N)c3ccc(OCCCNC4CC4)cc3n2C2CCC2)cc1. The summed E-state index contributed by atoms with van der Waals surface area (Å²) in [6, 6.07) is 17.2. The lowest BCUT2D eigenvalue weighted by molar-refractivity contribution is 0.130. The fourth-order valence-corrected chi connectivity index (χ4v) is 4.73. The highest BCUT2D eigenvalue weighted by Crippen LogP contribution is 2.43. The Morgan fingerprint density at radius 2 is 1.92 bits per heavy atom. The minimum Gasteiger partial charge on any atom is -0.493 e. The second kappa shape index (κ2) is 10.6. The summed E-state index contributed by atoms with van der Waals surface area (Å²) in [6.45, 7) is 5.28. The molecule has 3 aromatic rings. The van der Waals surface area contributed by atoms with Gasteiger partial charge >= 0.3 is 6.09 Å². The van der Waals surface area contributed by atoms with Gasteiger partial charge in [0.15, 0.2) is 0 Å². The summed E-state index contributed by atoms with van der Waals surface area (Å²) in [5.41, 5.74) is 4.26. The van der Waals surface area contributed by atoms with Crippen LogP contribution in [0.1, 0.15) is 64.0 Å². The molecule has 0 atom stereocenters. The van der Waals surface area contributed by atoms with Crippen molar-refractivity contribution < 1.29 is 14.3 Å². The number of anilines is 1. The van der Waals surface area contributed by atoms with E-state index in [9.17, 15) is 10.1 Å². The first-order valence-electron chi connectivity index (χ1n) is 13.1. The Hall–Kier alpha value is -3.50. The van der Waals surface area contributed by atoms with Crippen LogP contribution in [0.4, 0.5) is 10.5 Å². The summed E-state index contributed by atoms with van der Waals surface area (Å²) >= 11 is 0. The van der Waals surface area contributed by atoms with Gasteiger partial charge in [0, 0.05) is 29.2 Å². The van der Waals surface area contributed by atoms with E-state index in [0.29, 0.717) is 29.9 Å². The Morgan fingerprint density at radius 3 is 2.56 bits per heavy atom. The molecule has 2 aliphatic rings. The Morgan fingerprint density at radius 1 is 1.14 bits per heavy atom.